The molecular formula is C23H29FN2O4S. The number of carbonyl (C=O) groups is 3. The van der Waals surface area contributed by atoms with Crippen LogP contribution in [0.25, 0.3) is 6.08 Å². The minimum absolute atomic E-state index is 0.0810. The van der Waals surface area contributed by atoms with Gasteiger partial charge < -0.3 is 9.64 Å². The molecular weight excluding hydrogens is 419 g/mol. The lowest BCUT2D eigenvalue weighted by molar-refractivity contribution is -0.149. The summed E-state index contributed by atoms with van der Waals surface area (Å²) in [5.74, 6) is -1.50. The molecule has 0 spiro atoms. The number of nitrogens with zero attached hydrogens (tertiary/aromatic N) is 2. The Morgan fingerprint density at radius 1 is 1.35 bits per heavy atom. The fourth-order valence-electron chi connectivity index (χ4n) is 4.44. The second kappa shape index (κ2) is 8.65. The molecule has 1 aromatic rings. The zero-order chi connectivity index (χ0) is 23.1. The van der Waals surface area contributed by atoms with E-state index < -0.39 is 29.5 Å². The molecule has 8 heteroatoms. The highest BCUT2D eigenvalue weighted by Crippen LogP contribution is 2.44. The van der Waals surface area contributed by atoms with Crippen molar-refractivity contribution in [2.75, 3.05) is 18.0 Å². The minimum Gasteiger partial charge on any atom is -0.462 e. The monoisotopic (exact) mass is 448 g/mol. The van der Waals surface area contributed by atoms with E-state index in [0.717, 1.165) is 29.1 Å². The zero-order valence-corrected chi connectivity index (χ0v) is 19.6. The van der Waals surface area contributed by atoms with Crippen molar-refractivity contribution in [2.24, 2.45) is 0 Å². The van der Waals surface area contributed by atoms with Gasteiger partial charge in [0.15, 0.2) is 0 Å². The van der Waals surface area contributed by atoms with Crippen LogP contribution in [0.15, 0.2) is 17.0 Å². The molecule has 3 rings (SSSR count). The third-order valence-electron chi connectivity index (χ3n) is 5.63. The lowest BCUT2D eigenvalue weighted by Gasteiger charge is -2.47. The summed E-state index contributed by atoms with van der Waals surface area (Å²) < 4.78 is 20.0. The highest BCUT2D eigenvalue weighted by atomic mass is 32.2. The predicted octanol–water partition coefficient (Wildman–Crippen LogP) is 4.93. The van der Waals surface area contributed by atoms with Gasteiger partial charge in [-0.3, -0.25) is 19.3 Å². The Balaban J connectivity index is 1.91. The van der Waals surface area contributed by atoms with Crippen LogP contribution in [0.1, 0.15) is 65.0 Å². The third-order valence-corrected chi connectivity index (χ3v) is 6.54. The van der Waals surface area contributed by atoms with Crippen LogP contribution >= 0.6 is 11.8 Å². The number of benzene rings is 1. The first-order chi connectivity index (χ1) is 14.4. The molecule has 1 fully saturated rings. The molecule has 0 bridgehead atoms. The lowest BCUT2D eigenvalue weighted by atomic mass is 9.79. The molecule has 2 heterocycles. The number of ether oxygens (including phenoxy) is 1. The van der Waals surface area contributed by atoms with Gasteiger partial charge >= 0.3 is 5.97 Å². The van der Waals surface area contributed by atoms with Gasteiger partial charge in [0.25, 0.3) is 11.1 Å². The van der Waals surface area contributed by atoms with Crippen molar-refractivity contribution in [3.8, 4) is 0 Å². The van der Waals surface area contributed by atoms with Crippen LogP contribution in [-0.2, 0) is 14.3 Å². The zero-order valence-electron chi connectivity index (χ0n) is 18.8. The maximum atomic E-state index is 15.0. The smallest absolute Gasteiger partial charge is 0.326 e. The summed E-state index contributed by atoms with van der Waals surface area (Å²) in [5, 5.41) is -0.567. The highest BCUT2D eigenvalue weighted by molar-refractivity contribution is 8.18. The molecule has 2 aliphatic rings. The average molecular weight is 449 g/mol. The largest absolute Gasteiger partial charge is 0.462 e. The average Bonchev–Trinajstić information content (AvgIpc) is 2.89. The number of anilines is 1. The predicted molar refractivity (Wildman–Crippen MR) is 120 cm³/mol. The Hall–Kier alpha value is -2.35. The number of rotatable bonds is 5. The molecule has 0 N–H and O–H groups in total. The molecule has 0 aliphatic carbocycles. The van der Waals surface area contributed by atoms with Crippen molar-refractivity contribution in [2.45, 2.75) is 65.5 Å². The van der Waals surface area contributed by atoms with E-state index in [9.17, 15) is 14.4 Å². The number of halogens is 1. The maximum absolute atomic E-state index is 15.0. The van der Waals surface area contributed by atoms with Gasteiger partial charge in [0.1, 0.15) is 12.4 Å². The van der Waals surface area contributed by atoms with Crippen LogP contribution in [0.5, 0.6) is 0 Å². The van der Waals surface area contributed by atoms with Crippen molar-refractivity contribution in [1.82, 2.24) is 4.90 Å². The summed E-state index contributed by atoms with van der Waals surface area (Å²) in [7, 11) is 0. The number of esters is 1. The Bertz CT molecular complexity index is 957. The molecule has 1 atom stereocenters. The number of hydrogen-bond donors (Lipinski definition) is 0. The van der Waals surface area contributed by atoms with Gasteiger partial charge in [-0.25, -0.2) is 4.39 Å². The van der Waals surface area contributed by atoms with Crippen molar-refractivity contribution in [1.29, 1.82) is 0 Å². The van der Waals surface area contributed by atoms with Gasteiger partial charge in [0, 0.05) is 23.3 Å². The van der Waals surface area contributed by atoms with Crippen LogP contribution in [0.2, 0.25) is 0 Å². The van der Waals surface area contributed by atoms with Crippen molar-refractivity contribution < 1.29 is 23.5 Å². The van der Waals surface area contributed by atoms with Gasteiger partial charge in [-0.1, -0.05) is 6.92 Å². The Morgan fingerprint density at radius 3 is 2.65 bits per heavy atom. The number of imide groups is 1. The van der Waals surface area contributed by atoms with E-state index in [2.05, 4.69) is 25.7 Å². The number of hydrogen-bond acceptors (Lipinski definition) is 6. The van der Waals surface area contributed by atoms with E-state index in [4.69, 9.17) is 4.74 Å². The van der Waals surface area contributed by atoms with Crippen molar-refractivity contribution >= 4 is 40.6 Å². The van der Waals surface area contributed by atoms with Gasteiger partial charge in [0.05, 0.1) is 11.0 Å². The first kappa shape index (κ1) is 23.3. The molecule has 0 radical (unpaired) electrons. The van der Waals surface area contributed by atoms with Crippen LogP contribution in [0.4, 0.5) is 14.9 Å². The van der Waals surface area contributed by atoms with Crippen molar-refractivity contribution in [3.63, 3.8) is 0 Å². The molecule has 31 heavy (non-hydrogen) atoms. The Labute approximate surface area is 186 Å². The van der Waals surface area contributed by atoms with Crippen LogP contribution < -0.4 is 4.90 Å². The SMILES string of the molecule is CCN1c2cc(F)c(/C=C3\SC(=O)N(CC(=O)OC(C)C)C3=O)cc2C(C)CC1(C)C. The molecule has 2 aliphatic heterocycles. The lowest BCUT2D eigenvalue weighted by Crippen LogP contribution is -2.48. The van der Waals surface area contributed by atoms with E-state index in [-0.39, 0.29) is 28.0 Å². The molecule has 1 unspecified atom stereocenters. The van der Waals surface area contributed by atoms with Gasteiger partial charge in [0.2, 0.25) is 0 Å². The fourth-order valence-corrected chi connectivity index (χ4v) is 5.27. The Morgan fingerprint density at radius 2 is 2.03 bits per heavy atom. The summed E-state index contributed by atoms with van der Waals surface area (Å²) in [4.78, 5) is 39.9. The summed E-state index contributed by atoms with van der Waals surface area (Å²) in [6.07, 6.45) is 1.98. The molecule has 168 valence electrons. The topological polar surface area (TPSA) is 66.9 Å². The summed E-state index contributed by atoms with van der Waals surface area (Å²) in [6, 6.07) is 3.29. The van der Waals surface area contributed by atoms with Gasteiger partial charge in [-0.15, -0.1) is 0 Å². The second-order valence-corrected chi connectivity index (χ2v) is 9.89. The third kappa shape index (κ3) is 4.63. The van der Waals surface area contributed by atoms with Crippen LogP contribution in [0.3, 0.4) is 0 Å². The summed E-state index contributed by atoms with van der Waals surface area (Å²) in [6.45, 7) is 12.2. The van der Waals surface area contributed by atoms with Crippen LogP contribution in [-0.4, -0.2) is 46.7 Å². The molecule has 1 saturated heterocycles. The van der Waals surface area contributed by atoms with Crippen LogP contribution in [0, 0.1) is 5.82 Å². The molecule has 1 aromatic carbocycles. The summed E-state index contributed by atoms with van der Waals surface area (Å²) >= 11 is 0.703. The second-order valence-electron chi connectivity index (χ2n) is 8.90. The number of fused-ring (bicyclic) bond motifs is 1. The maximum Gasteiger partial charge on any atom is 0.326 e. The number of carbonyl (C=O) groups excluding carboxylic acids is 3. The quantitative estimate of drug-likeness (QED) is 0.470. The minimum atomic E-state index is -0.658. The number of thioether (sulfide) groups is 1. The molecule has 0 saturated carbocycles. The van der Waals surface area contributed by atoms with Gasteiger partial charge in [-0.05, 0) is 82.5 Å². The normalized spacial score (nSPS) is 21.8. The van der Waals surface area contributed by atoms with E-state index in [1.54, 1.807) is 19.9 Å². The number of amides is 2. The van der Waals surface area contributed by atoms with Crippen molar-refractivity contribution in [3.05, 3.63) is 34.0 Å². The fraction of sp³-hybridized carbons (Fsp3) is 0.522. The highest BCUT2D eigenvalue weighted by Gasteiger charge is 2.38. The van der Waals surface area contributed by atoms with E-state index in [1.165, 1.54) is 12.1 Å². The van der Waals surface area contributed by atoms with E-state index in [1.807, 2.05) is 6.92 Å². The Kier molecular flexibility index (Phi) is 6.51. The molecule has 6 nitrogen and oxygen atoms in total. The van der Waals surface area contributed by atoms with E-state index in [0.29, 0.717) is 11.8 Å². The van der Waals surface area contributed by atoms with E-state index >= 15 is 4.39 Å². The first-order valence-corrected chi connectivity index (χ1v) is 11.3. The molecule has 2 amide bonds. The first-order valence-electron chi connectivity index (χ1n) is 10.5. The summed E-state index contributed by atoms with van der Waals surface area (Å²) in [5.41, 5.74) is 2.07. The molecule has 0 aromatic heterocycles. The van der Waals surface area contributed by atoms with Gasteiger partial charge in [-0.2, -0.15) is 0 Å². The standard InChI is InChI=1S/C23H29FN2O4S/c1-7-26-18-10-17(24)15(8-16(18)14(4)11-23(26,5)6)9-19-21(28)25(22(29)31-19)12-20(27)30-13(2)3/h8-10,13-14H,7,11-12H2,1-6H3/b19-9-.